The Hall–Kier alpha value is -3.34. The van der Waals surface area contributed by atoms with E-state index in [0.717, 1.165) is 5.56 Å². The zero-order valence-corrected chi connectivity index (χ0v) is 14.5. The maximum absolute atomic E-state index is 12.6. The average Bonchev–Trinajstić information content (AvgIpc) is 3.04. The summed E-state index contributed by atoms with van der Waals surface area (Å²) >= 11 is 0. The molecule has 0 aliphatic carbocycles. The average molecular weight is 354 g/mol. The van der Waals surface area contributed by atoms with Crippen LogP contribution in [-0.2, 0) is 11.3 Å². The van der Waals surface area contributed by atoms with Crippen molar-refractivity contribution in [1.82, 2.24) is 14.7 Å². The molecule has 1 aliphatic heterocycles. The van der Waals surface area contributed by atoms with Crippen molar-refractivity contribution >= 4 is 11.9 Å². The summed E-state index contributed by atoms with van der Waals surface area (Å²) in [6, 6.07) is 10.7. The fourth-order valence-electron chi connectivity index (χ4n) is 2.74. The van der Waals surface area contributed by atoms with Gasteiger partial charge in [-0.15, -0.1) is 0 Å². The Kier molecular flexibility index (Phi) is 4.89. The Morgan fingerprint density at radius 2 is 2.12 bits per heavy atom. The molecule has 0 saturated heterocycles. The van der Waals surface area contributed by atoms with Gasteiger partial charge in [-0.1, -0.05) is 30.3 Å². The van der Waals surface area contributed by atoms with E-state index >= 15 is 0 Å². The Bertz CT molecular complexity index is 869. The molecule has 2 aromatic rings. The van der Waals surface area contributed by atoms with Crippen molar-refractivity contribution in [3.05, 3.63) is 47.3 Å². The highest BCUT2D eigenvalue weighted by Crippen LogP contribution is 2.32. The maximum atomic E-state index is 12.6. The van der Waals surface area contributed by atoms with E-state index in [4.69, 9.17) is 9.47 Å². The quantitative estimate of drug-likeness (QED) is 0.759. The number of hydrogen-bond acceptors (Lipinski definition) is 6. The van der Waals surface area contributed by atoms with Crippen LogP contribution in [0.3, 0.4) is 0 Å². The second-order valence-electron chi connectivity index (χ2n) is 5.80. The number of esters is 1. The Labute approximate surface area is 150 Å². The first-order valence-corrected chi connectivity index (χ1v) is 8.18. The number of carbonyl (C=O) groups excluding carboxylic acids is 2. The van der Waals surface area contributed by atoms with Crippen LogP contribution in [0.5, 0.6) is 5.75 Å². The topological polar surface area (TPSA) is 97.4 Å². The summed E-state index contributed by atoms with van der Waals surface area (Å²) in [6.07, 6.45) is 0. The predicted molar refractivity (Wildman–Crippen MR) is 90.6 cm³/mol. The first-order valence-electron chi connectivity index (χ1n) is 8.18. The van der Waals surface area contributed by atoms with E-state index in [9.17, 15) is 14.9 Å². The summed E-state index contributed by atoms with van der Waals surface area (Å²) in [6.45, 7) is 2.18. The summed E-state index contributed by atoms with van der Waals surface area (Å²) in [7, 11) is 1.59. The third-order valence-corrected chi connectivity index (χ3v) is 4.00. The molecule has 0 radical (unpaired) electrons. The van der Waals surface area contributed by atoms with Gasteiger partial charge in [0.05, 0.1) is 19.2 Å². The number of carbonyl (C=O) groups is 2. The molecule has 0 fully saturated rings. The van der Waals surface area contributed by atoms with Crippen LogP contribution >= 0.6 is 0 Å². The van der Waals surface area contributed by atoms with Gasteiger partial charge in [-0.3, -0.25) is 4.79 Å². The van der Waals surface area contributed by atoms with Gasteiger partial charge in [-0.25, -0.2) is 9.48 Å². The van der Waals surface area contributed by atoms with Crippen LogP contribution in [0.25, 0.3) is 0 Å². The number of benzene rings is 1. The minimum absolute atomic E-state index is 0.0455. The summed E-state index contributed by atoms with van der Waals surface area (Å²) in [5.41, 5.74) is 0.863. The molecule has 134 valence electrons. The first-order chi connectivity index (χ1) is 12.6. The number of nitriles is 1. The minimum Gasteiger partial charge on any atom is -0.484 e. The number of ether oxygens (including phenoxy) is 2. The summed E-state index contributed by atoms with van der Waals surface area (Å²) in [4.78, 5) is 26.3. The van der Waals surface area contributed by atoms with Crippen LogP contribution in [0.1, 0.15) is 39.5 Å². The van der Waals surface area contributed by atoms with E-state index in [1.807, 2.05) is 30.3 Å². The number of hydrogen-bond donors (Lipinski definition) is 0. The normalized spacial score (nSPS) is 16.0. The second-order valence-corrected chi connectivity index (χ2v) is 5.80. The lowest BCUT2D eigenvalue weighted by Gasteiger charge is -2.27. The van der Waals surface area contributed by atoms with Gasteiger partial charge in [0.2, 0.25) is 5.69 Å². The van der Waals surface area contributed by atoms with Crippen LogP contribution < -0.4 is 4.74 Å². The molecule has 26 heavy (non-hydrogen) atoms. The van der Waals surface area contributed by atoms with E-state index in [-0.39, 0.29) is 42.8 Å². The predicted octanol–water partition coefficient (Wildman–Crippen LogP) is 1.79. The number of likely N-dealkylation sites (N-methyl/N-ethyl adjacent to an activating group) is 1. The van der Waals surface area contributed by atoms with Gasteiger partial charge in [-0.2, -0.15) is 10.4 Å². The van der Waals surface area contributed by atoms with Gasteiger partial charge in [0.15, 0.2) is 17.5 Å². The van der Waals surface area contributed by atoms with E-state index < -0.39 is 12.0 Å². The molecule has 8 heteroatoms. The van der Waals surface area contributed by atoms with Gasteiger partial charge in [0.1, 0.15) is 6.61 Å². The molecule has 1 amide bonds. The van der Waals surface area contributed by atoms with Crippen molar-refractivity contribution in [2.75, 3.05) is 20.2 Å². The van der Waals surface area contributed by atoms with Crippen molar-refractivity contribution in [3.8, 4) is 11.8 Å². The van der Waals surface area contributed by atoms with Crippen molar-refractivity contribution in [2.45, 2.75) is 19.6 Å². The number of aromatic nitrogens is 2. The summed E-state index contributed by atoms with van der Waals surface area (Å²) < 4.78 is 12.1. The molecule has 2 heterocycles. The number of nitrogens with zero attached hydrogens (tertiary/aromatic N) is 4. The lowest BCUT2D eigenvalue weighted by atomic mass is 10.2. The van der Waals surface area contributed by atoms with Crippen molar-refractivity contribution in [3.63, 3.8) is 0 Å². The van der Waals surface area contributed by atoms with Gasteiger partial charge >= 0.3 is 5.97 Å². The van der Waals surface area contributed by atoms with E-state index in [0.29, 0.717) is 0 Å². The van der Waals surface area contributed by atoms with Crippen LogP contribution in [0, 0.1) is 11.3 Å². The third kappa shape index (κ3) is 3.11. The van der Waals surface area contributed by atoms with Crippen LogP contribution in [0.4, 0.5) is 0 Å². The van der Waals surface area contributed by atoms with Gasteiger partial charge in [0, 0.05) is 7.05 Å². The molecule has 1 aromatic heterocycles. The highest BCUT2D eigenvalue weighted by atomic mass is 16.5. The molecular formula is C18H18N4O4. The van der Waals surface area contributed by atoms with E-state index in [2.05, 4.69) is 11.2 Å². The molecule has 8 nitrogen and oxygen atoms in total. The number of amides is 1. The Balaban J connectivity index is 2.04. The molecule has 1 atom stereocenters. The largest absolute Gasteiger partial charge is 0.484 e. The van der Waals surface area contributed by atoms with Crippen LogP contribution in [0.15, 0.2) is 30.3 Å². The zero-order valence-electron chi connectivity index (χ0n) is 14.5. The maximum Gasteiger partial charge on any atom is 0.362 e. The minimum atomic E-state index is -0.699. The molecule has 1 aliphatic rings. The smallest absolute Gasteiger partial charge is 0.362 e. The summed E-state index contributed by atoms with van der Waals surface area (Å²) in [5.74, 6) is -1.00. The molecule has 1 unspecified atom stereocenters. The zero-order chi connectivity index (χ0) is 18.7. The molecule has 0 bridgehead atoms. The van der Waals surface area contributed by atoms with Crippen LogP contribution in [-0.4, -0.2) is 46.8 Å². The van der Waals surface area contributed by atoms with Crippen molar-refractivity contribution < 1.29 is 19.1 Å². The fourth-order valence-corrected chi connectivity index (χ4v) is 2.74. The Morgan fingerprint density at radius 1 is 1.38 bits per heavy atom. The first kappa shape index (κ1) is 17.5. The van der Waals surface area contributed by atoms with E-state index in [1.165, 1.54) is 9.58 Å². The highest BCUT2D eigenvalue weighted by molar-refractivity contribution is 6.01. The Morgan fingerprint density at radius 3 is 2.77 bits per heavy atom. The van der Waals surface area contributed by atoms with Gasteiger partial charge in [-0.05, 0) is 12.5 Å². The second kappa shape index (κ2) is 7.27. The van der Waals surface area contributed by atoms with Gasteiger partial charge < -0.3 is 14.4 Å². The standard InChI is InChI=1S/C18H18N4O4/c1-3-25-18(24)14-16(26-11-12-7-5-4-6-8-12)15-17(23)21(2)10-13(9-19)22(15)20-14/h4-8,13H,3,10-11H2,1-2H3. The van der Waals surface area contributed by atoms with Gasteiger partial charge in [0.25, 0.3) is 5.91 Å². The fraction of sp³-hybridized carbons (Fsp3) is 0.333. The number of rotatable bonds is 5. The number of fused-ring (bicyclic) bond motifs is 1. The molecule has 0 saturated carbocycles. The molecule has 1 aromatic carbocycles. The van der Waals surface area contributed by atoms with Crippen molar-refractivity contribution in [1.29, 1.82) is 5.26 Å². The molecule has 3 rings (SSSR count). The monoisotopic (exact) mass is 354 g/mol. The SMILES string of the molecule is CCOC(=O)c1nn2c(c1OCc1ccccc1)C(=O)N(C)CC2C#N. The molecule has 0 spiro atoms. The van der Waals surface area contributed by atoms with E-state index in [1.54, 1.807) is 14.0 Å². The van der Waals surface area contributed by atoms with Crippen molar-refractivity contribution in [2.24, 2.45) is 0 Å². The summed E-state index contributed by atoms with van der Waals surface area (Å²) in [5, 5.41) is 13.6. The molecule has 0 N–H and O–H groups in total. The lowest BCUT2D eigenvalue weighted by molar-refractivity contribution is 0.0513. The third-order valence-electron chi connectivity index (χ3n) is 4.00. The lowest BCUT2D eigenvalue weighted by Crippen LogP contribution is -2.40. The molecular weight excluding hydrogens is 336 g/mol. The van der Waals surface area contributed by atoms with Crippen LogP contribution in [0.2, 0.25) is 0 Å². The highest BCUT2D eigenvalue weighted by Gasteiger charge is 2.38.